The number of carbonyl (C=O) groups is 2. The number of phenols is 1. The van der Waals surface area contributed by atoms with Crippen LogP contribution < -0.4 is 16.4 Å². The molecule has 2 aromatic rings. The molecule has 3 atom stereocenters. The summed E-state index contributed by atoms with van der Waals surface area (Å²) in [5, 5.41) is 16.7. The number of benzene rings is 1. The highest BCUT2D eigenvalue weighted by molar-refractivity contribution is 7.13. The summed E-state index contributed by atoms with van der Waals surface area (Å²) in [4.78, 5) is 31.1. The van der Waals surface area contributed by atoms with E-state index in [1.54, 1.807) is 17.6 Å². The lowest BCUT2D eigenvalue weighted by Crippen LogP contribution is -2.51. The number of aromatic nitrogens is 1. The molecule has 1 amide bonds. The zero-order valence-corrected chi connectivity index (χ0v) is 19.9. The minimum Gasteiger partial charge on any atom is -0.507 e. The number of phenolic OH excluding ortho intramolecular Hbond substituents is 1. The summed E-state index contributed by atoms with van der Waals surface area (Å²) in [5.41, 5.74) is 9.48. The van der Waals surface area contributed by atoms with Gasteiger partial charge in [-0.15, -0.1) is 23.7 Å². The van der Waals surface area contributed by atoms with Crippen molar-refractivity contribution in [1.29, 1.82) is 0 Å². The number of hydrogen-bond acceptors (Lipinski definition) is 7. The van der Waals surface area contributed by atoms with Crippen molar-refractivity contribution in [3.8, 4) is 16.2 Å². The number of rotatable bonds is 6. The molecular formula is C22H31ClN4O3S. The summed E-state index contributed by atoms with van der Waals surface area (Å²) in [6, 6.07) is 3.03. The molecule has 1 aliphatic heterocycles. The largest absolute Gasteiger partial charge is 0.507 e. The molecule has 7 nitrogen and oxygen atoms in total. The number of nitrogens with one attached hydrogen (secondary N) is 2. The second kappa shape index (κ2) is 10.1. The monoisotopic (exact) mass is 466 g/mol. The Morgan fingerprint density at radius 3 is 2.58 bits per heavy atom. The van der Waals surface area contributed by atoms with Gasteiger partial charge in [-0.25, -0.2) is 4.98 Å². The van der Waals surface area contributed by atoms with Gasteiger partial charge in [-0.2, -0.15) is 0 Å². The van der Waals surface area contributed by atoms with Gasteiger partial charge in [0.1, 0.15) is 11.8 Å². The zero-order valence-electron chi connectivity index (χ0n) is 18.3. The first-order valence-corrected chi connectivity index (χ1v) is 11.0. The third-order valence-corrected chi connectivity index (χ3v) is 6.49. The molecular weight excluding hydrogens is 436 g/mol. The molecule has 1 fully saturated rings. The normalized spacial score (nSPS) is 18.2. The molecule has 0 bridgehead atoms. The van der Waals surface area contributed by atoms with Crippen molar-refractivity contribution in [3.05, 3.63) is 35.0 Å². The molecule has 0 spiro atoms. The predicted octanol–water partition coefficient (Wildman–Crippen LogP) is 3.10. The third-order valence-electron chi connectivity index (χ3n) is 5.53. The van der Waals surface area contributed by atoms with E-state index < -0.39 is 17.5 Å². The number of nitrogens with zero attached hydrogens (tertiary/aromatic N) is 1. The van der Waals surface area contributed by atoms with Crippen LogP contribution in [0, 0.1) is 12.3 Å². The maximum absolute atomic E-state index is 13.3. The maximum Gasteiger partial charge on any atom is 0.237 e. The Bertz CT molecular complexity index is 935. The second-order valence-electron chi connectivity index (χ2n) is 8.88. The van der Waals surface area contributed by atoms with Crippen LogP contribution in [-0.2, 0) is 9.59 Å². The third kappa shape index (κ3) is 5.63. The first-order valence-electron chi connectivity index (χ1n) is 10.2. The second-order valence-corrected chi connectivity index (χ2v) is 9.73. The SMILES string of the molecule is Cc1ncsc1-c1ccc(C(NC(=O)C2CCCN2)C(=O)[C@@H](N)C(C)(C)C)cc1O.Cl. The van der Waals surface area contributed by atoms with Gasteiger partial charge in [0.15, 0.2) is 5.78 Å². The van der Waals surface area contributed by atoms with Crippen molar-refractivity contribution in [2.75, 3.05) is 6.54 Å². The Balaban J connectivity index is 0.00000341. The van der Waals surface area contributed by atoms with Gasteiger partial charge < -0.3 is 21.5 Å². The minimum atomic E-state index is -0.934. The molecule has 9 heteroatoms. The molecule has 2 unspecified atom stereocenters. The van der Waals surface area contributed by atoms with E-state index in [9.17, 15) is 14.7 Å². The van der Waals surface area contributed by atoms with Gasteiger partial charge in [-0.1, -0.05) is 26.8 Å². The van der Waals surface area contributed by atoms with Crippen LogP contribution >= 0.6 is 23.7 Å². The number of aryl methyl sites for hydroxylation is 1. The highest BCUT2D eigenvalue weighted by Gasteiger charge is 2.36. The summed E-state index contributed by atoms with van der Waals surface area (Å²) in [6.07, 6.45) is 1.65. The number of amides is 1. The molecule has 1 aromatic heterocycles. The van der Waals surface area contributed by atoms with Crippen molar-refractivity contribution in [1.82, 2.24) is 15.6 Å². The van der Waals surface area contributed by atoms with Crippen LogP contribution in [0.3, 0.4) is 0 Å². The number of aromatic hydroxyl groups is 1. The highest BCUT2D eigenvalue weighted by atomic mass is 35.5. The first kappa shape index (κ1) is 25.3. The fourth-order valence-corrected chi connectivity index (χ4v) is 4.40. The molecule has 0 radical (unpaired) electrons. The Kier molecular flexibility index (Phi) is 8.21. The van der Waals surface area contributed by atoms with Crippen LogP contribution in [0.15, 0.2) is 23.7 Å². The van der Waals surface area contributed by atoms with E-state index in [-0.39, 0.29) is 35.9 Å². The molecule has 170 valence electrons. The summed E-state index contributed by atoms with van der Waals surface area (Å²) in [5.74, 6) is -0.473. The summed E-state index contributed by atoms with van der Waals surface area (Å²) in [7, 11) is 0. The molecule has 1 aromatic carbocycles. The van der Waals surface area contributed by atoms with Crippen molar-refractivity contribution in [3.63, 3.8) is 0 Å². The minimum absolute atomic E-state index is 0. The lowest BCUT2D eigenvalue weighted by Gasteiger charge is -2.30. The van der Waals surface area contributed by atoms with Crippen LogP contribution in [0.25, 0.3) is 10.4 Å². The average Bonchev–Trinajstić information content (AvgIpc) is 3.36. The molecule has 31 heavy (non-hydrogen) atoms. The van der Waals surface area contributed by atoms with Crippen LogP contribution in [-0.4, -0.2) is 40.4 Å². The van der Waals surface area contributed by atoms with Crippen LogP contribution in [0.5, 0.6) is 5.75 Å². The Morgan fingerprint density at radius 2 is 2.06 bits per heavy atom. The molecule has 1 saturated heterocycles. The highest BCUT2D eigenvalue weighted by Crippen LogP contribution is 2.36. The van der Waals surface area contributed by atoms with E-state index in [4.69, 9.17) is 5.73 Å². The van der Waals surface area contributed by atoms with Gasteiger partial charge in [-0.3, -0.25) is 9.59 Å². The van der Waals surface area contributed by atoms with Crippen molar-refractivity contribution in [2.24, 2.45) is 11.1 Å². The molecule has 2 heterocycles. The number of hydrogen-bond donors (Lipinski definition) is 4. The van der Waals surface area contributed by atoms with E-state index in [0.717, 1.165) is 30.0 Å². The number of nitrogens with two attached hydrogens (primary N) is 1. The molecule has 1 aliphatic rings. The van der Waals surface area contributed by atoms with E-state index in [1.807, 2.05) is 27.7 Å². The fraction of sp³-hybridized carbons (Fsp3) is 0.500. The molecule has 5 N–H and O–H groups in total. The summed E-state index contributed by atoms with van der Waals surface area (Å²) >= 11 is 1.44. The predicted molar refractivity (Wildman–Crippen MR) is 126 cm³/mol. The van der Waals surface area contributed by atoms with Gasteiger partial charge in [0.25, 0.3) is 0 Å². The Hall–Kier alpha value is -2.00. The fourth-order valence-electron chi connectivity index (χ4n) is 3.56. The quantitative estimate of drug-likeness (QED) is 0.519. The maximum atomic E-state index is 13.3. The standard InChI is InChI=1S/C22H30N4O3S.ClH/c1-12-19(30-11-25-12)14-8-7-13(10-16(14)27)17(18(28)20(23)22(2,3)4)26-21(29)15-6-5-9-24-15;/h7-8,10-11,15,17,20,24,27H,5-6,9,23H2,1-4H3,(H,26,29);1H/t15?,17?,20-;/m1./s1. The van der Waals surface area contributed by atoms with Gasteiger partial charge in [-0.05, 0) is 49.4 Å². The lowest BCUT2D eigenvalue weighted by atomic mass is 9.81. The average molecular weight is 467 g/mol. The number of carbonyl (C=O) groups excluding carboxylic acids is 2. The van der Waals surface area contributed by atoms with E-state index in [0.29, 0.717) is 11.1 Å². The molecule has 3 rings (SSSR count). The van der Waals surface area contributed by atoms with E-state index in [1.165, 1.54) is 17.4 Å². The Labute approximate surface area is 193 Å². The number of ketones is 1. The number of halogens is 1. The van der Waals surface area contributed by atoms with Gasteiger partial charge in [0, 0.05) is 5.56 Å². The lowest BCUT2D eigenvalue weighted by molar-refractivity contribution is -0.130. The van der Waals surface area contributed by atoms with Crippen molar-refractivity contribution < 1.29 is 14.7 Å². The number of thiazole rings is 1. The molecule has 0 aliphatic carbocycles. The topological polar surface area (TPSA) is 117 Å². The first-order chi connectivity index (χ1) is 14.1. The van der Waals surface area contributed by atoms with Crippen LogP contribution in [0.2, 0.25) is 0 Å². The van der Waals surface area contributed by atoms with E-state index in [2.05, 4.69) is 15.6 Å². The zero-order chi connectivity index (χ0) is 22.1. The van der Waals surface area contributed by atoms with Gasteiger partial charge in [0.05, 0.1) is 28.2 Å². The Morgan fingerprint density at radius 1 is 1.35 bits per heavy atom. The smallest absolute Gasteiger partial charge is 0.237 e. The van der Waals surface area contributed by atoms with Crippen LogP contribution in [0.4, 0.5) is 0 Å². The summed E-state index contributed by atoms with van der Waals surface area (Å²) < 4.78 is 0. The van der Waals surface area contributed by atoms with Crippen molar-refractivity contribution >= 4 is 35.4 Å². The number of Topliss-reactive ketones (excluding diaryl/α,β-unsaturated/α-hetero) is 1. The van der Waals surface area contributed by atoms with E-state index >= 15 is 0 Å². The van der Waals surface area contributed by atoms with Crippen molar-refractivity contribution in [2.45, 2.75) is 58.7 Å². The molecule has 0 saturated carbocycles. The van der Waals surface area contributed by atoms with Gasteiger partial charge in [0.2, 0.25) is 5.91 Å². The summed E-state index contributed by atoms with van der Waals surface area (Å²) in [6.45, 7) is 8.32. The van der Waals surface area contributed by atoms with Crippen LogP contribution in [0.1, 0.15) is 50.9 Å². The van der Waals surface area contributed by atoms with Gasteiger partial charge >= 0.3 is 0 Å².